The van der Waals surface area contributed by atoms with Crippen LogP contribution in [0.4, 0.5) is 0 Å². The van der Waals surface area contributed by atoms with Crippen molar-refractivity contribution in [1.82, 2.24) is 15.3 Å². The first-order valence-corrected chi connectivity index (χ1v) is 7.49. The zero-order valence-corrected chi connectivity index (χ0v) is 12.5. The highest BCUT2D eigenvalue weighted by Crippen LogP contribution is 2.29. The molecule has 0 aliphatic rings. The summed E-state index contributed by atoms with van der Waals surface area (Å²) >= 11 is 1.26. The Morgan fingerprint density at radius 3 is 3.00 bits per heavy atom. The van der Waals surface area contributed by atoms with Crippen LogP contribution < -0.4 is 10.9 Å². The van der Waals surface area contributed by atoms with E-state index in [1.807, 2.05) is 6.07 Å². The van der Waals surface area contributed by atoms with Crippen LogP contribution in [0.1, 0.15) is 28.9 Å². The molecule has 0 saturated heterocycles. The lowest BCUT2D eigenvalue weighted by Gasteiger charge is -2.14. The van der Waals surface area contributed by atoms with Crippen molar-refractivity contribution in [1.29, 1.82) is 0 Å². The molecule has 0 aliphatic carbocycles. The number of thiophene rings is 1. The summed E-state index contributed by atoms with van der Waals surface area (Å²) in [6.07, 6.45) is 3.27. The van der Waals surface area contributed by atoms with E-state index < -0.39 is 11.5 Å². The van der Waals surface area contributed by atoms with Crippen molar-refractivity contribution in [3.05, 3.63) is 57.5 Å². The molecule has 0 bridgehead atoms. The van der Waals surface area contributed by atoms with E-state index in [2.05, 4.69) is 15.3 Å². The number of H-pyrrole nitrogens is 1. The molecule has 0 aliphatic heterocycles. The third-order valence-corrected chi connectivity index (χ3v) is 4.27. The first kappa shape index (κ1) is 14.3. The lowest BCUT2D eigenvalue weighted by atomic mass is 10.1. The quantitative estimate of drug-likeness (QED) is 0.690. The van der Waals surface area contributed by atoms with E-state index in [-0.39, 0.29) is 17.4 Å². The Kier molecular flexibility index (Phi) is 3.64. The smallest absolute Gasteiger partial charge is 0.265 e. The van der Waals surface area contributed by atoms with E-state index in [4.69, 9.17) is 0 Å². The lowest BCUT2D eigenvalue weighted by molar-refractivity contribution is 0.0936. The molecule has 1 amide bonds. The summed E-state index contributed by atoms with van der Waals surface area (Å²) in [5.74, 6) is -0.907. The average Bonchev–Trinajstić information content (AvgIpc) is 2.96. The van der Waals surface area contributed by atoms with Gasteiger partial charge in [0.05, 0.1) is 16.3 Å². The number of hydrogen-bond donors (Lipinski definition) is 3. The maximum atomic E-state index is 12.3. The monoisotopic (exact) mass is 315 g/mol. The minimum absolute atomic E-state index is 0.273. The summed E-state index contributed by atoms with van der Waals surface area (Å²) in [6, 6.07) is 4.94. The van der Waals surface area contributed by atoms with E-state index in [0.29, 0.717) is 10.2 Å². The fourth-order valence-corrected chi connectivity index (χ4v) is 2.99. The molecular formula is C15H13N3O3S. The van der Waals surface area contributed by atoms with Crippen LogP contribution in [0.3, 0.4) is 0 Å². The van der Waals surface area contributed by atoms with E-state index >= 15 is 0 Å². The molecule has 3 aromatic heterocycles. The maximum absolute atomic E-state index is 12.3. The molecule has 7 heteroatoms. The van der Waals surface area contributed by atoms with Gasteiger partial charge in [-0.05, 0) is 30.0 Å². The van der Waals surface area contributed by atoms with Crippen LogP contribution in [0.5, 0.6) is 5.75 Å². The highest BCUT2D eigenvalue weighted by molar-refractivity contribution is 7.17. The third kappa shape index (κ3) is 2.46. The number of carbonyl (C=O) groups excluding carboxylic acids is 1. The Balaban J connectivity index is 1.94. The predicted molar refractivity (Wildman–Crippen MR) is 84.2 cm³/mol. The van der Waals surface area contributed by atoms with Crippen molar-refractivity contribution in [2.75, 3.05) is 0 Å². The molecule has 0 fully saturated rings. The summed E-state index contributed by atoms with van der Waals surface area (Å²) in [5.41, 5.74) is 0.443. The summed E-state index contributed by atoms with van der Waals surface area (Å²) in [7, 11) is 0. The Hall–Kier alpha value is -2.67. The molecule has 3 aromatic rings. The van der Waals surface area contributed by atoms with Gasteiger partial charge in [-0.2, -0.15) is 0 Å². The second-order valence-corrected chi connectivity index (χ2v) is 5.74. The largest absolute Gasteiger partial charge is 0.505 e. The number of amides is 1. The number of pyridine rings is 2. The highest BCUT2D eigenvalue weighted by atomic mass is 32.1. The molecule has 0 unspecified atom stereocenters. The van der Waals surface area contributed by atoms with Crippen LogP contribution in [0, 0.1) is 0 Å². The Morgan fingerprint density at radius 1 is 1.45 bits per heavy atom. The molecule has 1 atom stereocenters. The van der Waals surface area contributed by atoms with Gasteiger partial charge in [-0.1, -0.05) is 6.07 Å². The van der Waals surface area contributed by atoms with Crippen LogP contribution in [0.25, 0.3) is 10.2 Å². The van der Waals surface area contributed by atoms with Gasteiger partial charge in [-0.3, -0.25) is 14.6 Å². The minimum Gasteiger partial charge on any atom is -0.505 e. The van der Waals surface area contributed by atoms with Gasteiger partial charge >= 0.3 is 0 Å². The van der Waals surface area contributed by atoms with E-state index in [1.54, 1.807) is 36.8 Å². The summed E-state index contributed by atoms with van der Waals surface area (Å²) in [5, 5.41) is 14.6. The number of hydrogen-bond acceptors (Lipinski definition) is 5. The topological polar surface area (TPSA) is 95.1 Å². The lowest BCUT2D eigenvalue weighted by Crippen LogP contribution is -2.31. The predicted octanol–water partition coefficient (Wildman–Crippen LogP) is 2.18. The molecule has 3 rings (SSSR count). The van der Waals surface area contributed by atoms with Gasteiger partial charge in [0, 0.05) is 12.4 Å². The van der Waals surface area contributed by atoms with Crippen LogP contribution in [-0.2, 0) is 0 Å². The van der Waals surface area contributed by atoms with Crippen LogP contribution in [0.2, 0.25) is 0 Å². The van der Waals surface area contributed by atoms with Gasteiger partial charge in [0.15, 0.2) is 5.75 Å². The molecule has 112 valence electrons. The Bertz CT molecular complexity index is 886. The van der Waals surface area contributed by atoms with Crippen molar-refractivity contribution in [3.8, 4) is 5.75 Å². The average molecular weight is 315 g/mol. The van der Waals surface area contributed by atoms with Crippen LogP contribution in [0.15, 0.2) is 40.8 Å². The van der Waals surface area contributed by atoms with Gasteiger partial charge in [-0.15, -0.1) is 11.3 Å². The molecule has 0 spiro atoms. The molecule has 0 saturated carbocycles. The molecule has 0 aromatic carbocycles. The number of aromatic amines is 1. The fourth-order valence-electron chi connectivity index (χ4n) is 2.19. The van der Waals surface area contributed by atoms with Crippen molar-refractivity contribution in [2.45, 2.75) is 13.0 Å². The van der Waals surface area contributed by atoms with Crippen LogP contribution >= 0.6 is 11.3 Å². The van der Waals surface area contributed by atoms with E-state index in [0.717, 1.165) is 5.56 Å². The van der Waals surface area contributed by atoms with Gasteiger partial charge in [0.1, 0.15) is 5.56 Å². The zero-order valence-electron chi connectivity index (χ0n) is 11.7. The summed E-state index contributed by atoms with van der Waals surface area (Å²) in [6.45, 7) is 1.78. The van der Waals surface area contributed by atoms with Crippen molar-refractivity contribution in [2.24, 2.45) is 0 Å². The molecule has 6 nitrogen and oxygen atoms in total. The van der Waals surface area contributed by atoms with E-state index in [9.17, 15) is 14.7 Å². The molecule has 22 heavy (non-hydrogen) atoms. The number of rotatable bonds is 3. The number of aromatic nitrogens is 2. The SMILES string of the molecule is C[C@@H](NC(=O)c1c(O)c2sccc2[nH]c1=O)c1cccnc1. The first-order chi connectivity index (χ1) is 10.6. The Labute approximate surface area is 129 Å². The van der Waals surface area contributed by atoms with Crippen molar-refractivity contribution >= 4 is 27.5 Å². The number of carbonyl (C=O) groups is 1. The Morgan fingerprint density at radius 2 is 2.27 bits per heavy atom. The second kappa shape index (κ2) is 5.61. The minimum atomic E-state index is -0.620. The number of fused-ring (bicyclic) bond motifs is 1. The number of nitrogens with zero attached hydrogens (tertiary/aromatic N) is 1. The zero-order chi connectivity index (χ0) is 15.7. The highest BCUT2D eigenvalue weighted by Gasteiger charge is 2.21. The molecule has 3 N–H and O–H groups in total. The molecule has 3 heterocycles. The van der Waals surface area contributed by atoms with Gasteiger partial charge in [0.25, 0.3) is 11.5 Å². The summed E-state index contributed by atoms with van der Waals surface area (Å²) < 4.78 is 0.485. The fraction of sp³-hybridized carbons (Fsp3) is 0.133. The van der Waals surface area contributed by atoms with Crippen molar-refractivity contribution < 1.29 is 9.90 Å². The van der Waals surface area contributed by atoms with E-state index in [1.165, 1.54) is 11.3 Å². The van der Waals surface area contributed by atoms with Crippen LogP contribution in [-0.4, -0.2) is 21.0 Å². The summed E-state index contributed by atoms with van der Waals surface area (Å²) in [4.78, 5) is 30.9. The van der Waals surface area contributed by atoms with Crippen molar-refractivity contribution in [3.63, 3.8) is 0 Å². The number of aromatic hydroxyl groups is 1. The maximum Gasteiger partial charge on any atom is 0.265 e. The van der Waals surface area contributed by atoms with Gasteiger partial charge in [-0.25, -0.2) is 0 Å². The van der Waals surface area contributed by atoms with Gasteiger partial charge < -0.3 is 15.4 Å². The third-order valence-electron chi connectivity index (χ3n) is 3.35. The van der Waals surface area contributed by atoms with Gasteiger partial charge in [0.2, 0.25) is 0 Å². The first-order valence-electron chi connectivity index (χ1n) is 6.61. The molecule has 0 radical (unpaired) electrons. The second-order valence-electron chi connectivity index (χ2n) is 4.82. The molecular weight excluding hydrogens is 302 g/mol. The normalized spacial score (nSPS) is 12.2. The standard InChI is InChI=1S/C15H13N3O3S/c1-8(9-3-2-5-16-7-9)17-14(20)11-12(19)13-10(4-6-22-13)18-15(11)21/h2-8H,1H3,(H,17,20)(H2,18,19,21)/t8-/m1/s1. The number of nitrogens with one attached hydrogen (secondary N) is 2.